The van der Waals surface area contributed by atoms with Crippen LogP contribution in [0.5, 0.6) is 0 Å². The van der Waals surface area contributed by atoms with Crippen LogP contribution in [0.1, 0.15) is 64.7 Å². The molecule has 0 fully saturated rings. The second-order valence-electron chi connectivity index (χ2n) is 4.52. The molecule has 3 nitrogen and oxygen atoms in total. The van der Waals surface area contributed by atoms with Crippen molar-refractivity contribution in [1.82, 2.24) is 0 Å². The first-order valence-electron chi connectivity index (χ1n) is 6.71. The molecule has 0 aliphatic carbocycles. The van der Waals surface area contributed by atoms with Gasteiger partial charge in [0.2, 0.25) is 0 Å². The van der Waals surface area contributed by atoms with Gasteiger partial charge in [0.1, 0.15) is 0 Å². The standard InChI is InChI=1S/C14H26O3/c1-2-3-4-5-6-7-8-9-10-11-13(15)12-14(16)17/h9-10,13,15H,2-8,11-12H2,1H3,(H,16,17)/t13-/m1/s1. The first-order chi connectivity index (χ1) is 8.16. The van der Waals surface area contributed by atoms with E-state index in [0.29, 0.717) is 6.42 Å². The summed E-state index contributed by atoms with van der Waals surface area (Å²) in [6, 6.07) is 0. The number of hydrogen-bond donors (Lipinski definition) is 2. The van der Waals surface area contributed by atoms with Gasteiger partial charge in [-0.3, -0.25) is 4.79 Å². The number of aliphatic hydroxyl groups excluding tert-OH is 1. The first kappa shape index (κ1) is 16.2. The summed E-state index contributed by atoms with van der Waals surface area (Å²) in [4.78, 5) is 10.3. The number of aliphatic hydroxyl groups is 1. The molecule has 100 valence electrons. The molecule has 0 bridgehead atoms. The van der Waals surface area contributed by atoms with Crippen LogP contribution < -0.4 is 0 Å². The highest BCUT2D eigenvalue weighted by Gasteiger charge is 2.06. The van der Waals surface area contributed by atoms with Crippen LogP contribution in [0.3, 0.4) is 0 Å². The number of allylic oxidation sites excluding steroid dienone is 1. The molecule has 0 heterocycles. The van der Waals surface area contributed by atoms with Gasteiger partial charge in [-0.15, -0.1) is 0 Å². The van der Waals surface area contributed by atoms with Crippen molar-refractivity contribution in [2.24, 2.45) is 0 Å². The molecular weight excluding hydrogens is 216 g/mol. The predicted molar refractivity (Wildman–Crippen MR) is 70.0 cm³/mol. The summed E-state index contributed by atoms with van der Waals surface area (Å²) in [6.45, 7) is 2.21. The Hall–Kier alpha value is -0.830. The highest BCUT2D eigenvalue weighted by molar-refractivity contribution is 5.67. The van der Waals surface area contributed by atoms with Gasteiger partial charge < -0.3 is 10.2 Å². The van der Waals surface area contributed by atoms with Crippen LogP contribution in [0.4, 0.5) is 0 Å². The van der Waals surface area contributed by atoms with Crippen molar-refractivity contribution in [2.75, 3.05) is 0 Å². The molecule has 0 aliphatic heterocycles. The normalized spacial score (nSPS) is 13.1. The van der Waals surface area contributed by atoms with Gasteiger partial charge in [-0.2, -0.15) is 0 Å². The molecule has 2 N–H and O–H groups in total. The van der Waals surface area contributed by atoms with Crippen LogP contribution in [-0.2, 0) is 4.79 Å². The third-order valence-corrected chi connectivity index (χ3v) is 2.71. The van der Waals surface area contributed by atoms with Gasteiger partial charge in [0, 0.05) is 0 Å². The molecule has 0 aliphatic rings. The quantitative estimate of drug-likeness (QED) is 0.430. The van der Waals surface area contributed by atoms with E-state index in [9.17, 15) is 9.90 Å². The van der Waals surface area contributed by atoms with E-state index in [2.05, 4.69) is 6.92 Å². The SMILES string of the molecule is CCCCCCCCC=CC[C@@H](O)CC(=O)O. The van der Waals surface area contributed by atoms with E-state index in [4.69, 9.17) is 5.11 Å². The van der Waals surface area contributed by atoms with Gasteiger partial charge in [-0.05, 0) is 19.3 Å². The Kier molecular flexibility index (Phi) is 11.1. The Bertz CT molecular complexity index is 212. The van der Waals surface area contributed by atoms with Gasteiger partial charge in [0.05, 0.1) is 12.5 Å². The minimum Gasteiger partial charge on any atom is -0.481 e. The molecule has 0 aromatic heterocycles. The topological polar surface area (TPSA) is 57.5 Å². The van der Waals surface area contributed by atoms with E-state index in [-0.39, 0.29) is 6.42 Å². The molecule has 0 rings (SSSR count). The van der Waals surface area contributed by atoms with Gasteiger partial charge in [-0.25, -0.2) is 0 Å². The maximum absolute atomic E-state index is 10.3. The summed E-state index contributed by atoms with van der Waals surface area (Å²) in [6.07, 6.45) is 12.2. The predicted octanol–water partition coefficient (Wildman–Crippen LogP) is 3.52. The molecule has 0 radical (unpaired) electrons. The number of carboxylic acids is 1. The van der Waals surface area contributed by atoms with Gasteiger partial charge in [-0.1, -0.05) is 51.2 Å². The Balaban J connectivity index is 3.27. The third-order valence-electron chi connectivity index (χ3n) is 2.71. The fourth-order valence-electron chi connectivity index (χ4n) is 1.70. The van der Waals surface area contributed by atoms with Gasteiger partial charge >= 0.3 is 5.97 Å². The average molecular weight is 242 g/mol. The lowest BCUT2D eigenvalue weighted by Crippen LogP contribution is -2.11. The zero-order valence-electron chi connectivity index (χ0n) is 10.9. The fraction of sp³-hybridized carbons (Fsp3) is 0.786. The van der Waals surface area contributed by atoms with Crippen LogP contribution in [-0.4, -0.2) is 22.3 Å². The summed E-state index contributed by atoms with van der Waals surface area (Å²) in [5.41, 5.74) is 0. The number of hydrogen-bond acceptors (Lipinski definition) is 2. The van der Waals surface area contributed by atoms with Crippen LogP contribution in [0.2, 0.25) is 0 Å². The number of unbranched alkanes of at least 4 members (excludes halogenated alkanes) is 6. The Morgan fingerprint density at radius 3 is 2.41 bits per heavy atom. The van der Waals surface area contributed by atoms with E-state index in [1.54, 1.807) is 0 Å². The molecule has 0 saturated heterocycles. The Morgan fingerprint density at radius 2 is 1.76 bits per heavy atom. The smallest absolute Gasteiger partial charge is 0.305 e. The minimum atomic E-state index is -0.943. The molecule has 0 amide bonds. The minimum absolute atomic E-state index is 0.165. The molecule has 0 aromatic rings. The highest BCUT2D eigenvalue weighted by atomic mass is 16.4. The number of aliphatic carboxylic acids is 1. The lowest BCUT2D eigenvalue weighted by molar-refractivity contribution is -0.139. The first-order valence-corrected chi connectivity index (χ1v) is 6.71. The largest absolute Gasteiger partial charge is 0.481 e. The summed E-state index contributed by atoms with van der Waals surface area (Å²) in [7, 11) is 0. The maximum Gasteiger partial charge on any atom is 0.305 e. The van der Waals surface area contributed by atoms with E-state index in [0.717, 1.165) is 6.42 Å². The molecule has 1 atom stereocenters. The van der Waals surface area contributed by atoms with E-state index in [1.165, 1.54) is 38.5 Å². The monoisotopic (exact) mass is 242 g/mol. The van der Waals surface area contributed by atoms with Gasteiger partial charge in [0.15, 0.2) is 0 Å². The molecule has 3 heteroatoms. The summed E-state index contributed by atoms with van der Waals surface area (Å²) in [5, 5.41) is 17.7. The molecule has 0 unspecified atom stereocenters. The number of carbonyl (C=O) groups is 1. The van der Waals surface area contributed by atoms with Crippen molar-refractivity contribution in [2.45, 2.75) is 70.8 Å². The second kappa shape index (κ2) is 11.6. The third kappa shape index (κ3) is 13.1. The average Bonchev–Trinajstić information content (AvgIpc) is 2.26. The molecular formula is C14H26O3. The maximum atomic E-state index is 10.3. The van der Waals surface area contributed by atoms with Crippen LogP contribution in [0.25, 0.3) is 0 Å². The summed E-state index contributed by atoms with van der Waals surface area (Å²) < 4.78 is 0. The lowest BCUT2D eigenvalue weighted by atomic mass is 10.1. The van der Waals surface area contributed by atoms with Crippen molar-refractivity contribution >= 4 is 5.97 Å². The highest BCUT2D eigenvalue weighted by Crippen LogP contribution is 2.07. The van der Waals surface area contributed by atoms with Gasteiger partial charge in [0.25, 0.3) is 0 Å². The summed E-state index contributed by atoms with van der Waals surface area (Å²) in [5.74, 6) is -0.943. The van der Waals surface area contributed by atoms with Crippen molar-refractivity contribution in [1.29, 1.82) is 0 Å². The van der Waals surface area contributed by atoms with Crippen LogP contribution in [0.15, 0.2) is 12.2 Å². The van der Waals surface area contributed by atoms with Crippen LogP contribution in [0, 0.1) is 0 Å². The Labute approximate surface area is 105 Å². The number of carboxylic acid groups (broad SMARTS) is 1. The van der Waals surface area contributed by atoms with Crippen LogP contribution >= 0.6 is 0 Å². The molecule has 0 aromatic carbocycles. The molecule has 17 heavy (non-hydrogen) atoms. The van der Waals surface area contributed by atoms with Crippen molar-refractivity contribution < 1.29 is 15.0 Å². The zero-order chi connectivity index (χ0) is 12.9. The molecule has 0 spiro atoms. The van der Waals surface area contributed by atoms with Crippen molar-refractivity contribution in [3.8, 4) is 0 Å². The zero-order valence-corrected chi connectivity index (χ0v) is 10.9. The Morgan fingerprint density at radius 1 is 1.12 bits per heavy atom. The summed E-state index contributed by atoms with van der Waals surface area (Å²) >= 11 is 0. The fourth-order valence-corrected chi connectivity index (χ4v) is 1.70. The van der Waals surface area contributed by atoms with E-state index < -0.39 is 12.1 Å². The molecule has 0 saturated carbocycles. The lowest BCUT2D eigenvalue weighted by Gasteiger charge is -2.02. The van der Waals surface area contributed by atoms with E-state index >= 15 is 0 Å². The van der Waals surface area contributed by atoms with Crippen molar-refractivity contribution in [3.05, 3.63) is 12.2 Å². The number of rotatable bonds is 11. The van der Waals surface area contributed by atoms with Crippen molar-refractivity contribution in [3.63, 3.8) is 0 Å². The van der Waals surface area contributed by atoms with E-state index in [1.807, 2.05) is 12.2 Å². The second-order valence-corrected chi connectivity index (χ2v) is 4.52.